The number of hydrogen-bond donors (Lipinski definition) is 2. The van der Waals surface area contributed by atoms with Crippen molar-refractivity contribution in [2.45, 2.75) is 13.8 Å². The van der Waals surface area contributed by atoms with Crippen LogP contribution in [0.25, 0.3) is 11.3 Å². The summed E-state index contributed by atoms with van der Waals surface area (Å²) in [5.74, 6) is -1.60. The molecule has 10 nitrogen and oxygen atoms in total. The van der Waals surface area contributed by atoms with Gasteiger partial charge in [-0.3, -0.25) is 9.59 Å². The Kier molecular flexibility index (Phi) is 9.39. The predicted molar refractivity (Wildman–Crippen MR) is 162 cm³/mol. The van der Waals surface area contributed by atoms with Crippen molar-refractivity contribution in [2.24, 2.45) is 0 Å². The highest BCUT2D eigenvalue weighted by atomic mass is 16.5. The van der Waals surface area contributed by atoms with Crippen LogP contribution in [0.4, 0.5) is 17.1 Å². The Morgan fingerprint density at radius 3 is 2.19 bits per heavy atom. The van der Waals surface area contributed by atoms with E-state index in [1.165, 1.54) is 4.90 Å². The molecule has 0 fully saturated rings. The molecule has 3 aromatic carbocycles. The summed E-state index contributed by atoms with van der Waals surface area (Å²) in [6.07, 6.45) is 0. The van der Waals surface area contributed by atoms with Crippen LogP contribution in [0.3, 0.4) is 0 Å². The van der Waals surface area contributed by atoms with Gasteiger partial charge >= 0.3 is 11.9 Å². The summed E-state index contributed by atoms with van der Waals surface area (Å²) in [6, 6.07) is 19.2. The van der Waals surface area contributed by atoms with E-state index in [1.807, 2.05) is 30.3 Å². The summed E-state index contributed by atoms with van der Waals surface area (Å²) in [5, 5.41) is 6.19. The van der Waals surface area contributed by atoms with Gasteiger partial charge in [-0.15, -0.1) is 0 Å². The molecule has 0 saturated heterocycles. The number of nitrogens with one attached hydrogen (secondary N) is 2. The molecule has 1 heterocycles. The molecule has 0 radical (unpaired) electrons. The van der Waals surface area contributed by atoms with Crippen molar-refractivity contribution in [2.75, 3.05) is 56.4 Å². The van der Waals surface area contributed by atoms with Crippen LogP contribution in [0.5, 0.6) is 0 Å². The maximum atomic E-state index is 13.4. The number of hydrogen-bond acceptors (Lipinski definition) is 8. The highest BCUT2D eigenvalue weighted by Crippen LogP contribution is 2.38. The SMILES string of the molecule is CCOC(=O)c1ccc2c(c1)NC(=O)/C2=C(/Nc1ccc(N(C)C(=O)CN(C)C)c(C(=O)OCC)c1)c1ccccc1. The summed E-state index contributed by atoms with van der Waals surface area (Å²) < 4.78 is 10.4. The lowest BCUT2D eigenvalue weighted by molar-refractivity contribution is -0.119. The molecule has 10 heteroatoms. The highest BCUT2D eigenvalue weighted by Gasteiger charge is 2.30. The lowest BCUT2D eigenvalue weighted by atomic mass is 9.98. The number of esters is 2. The average Bonchev–Trinajstić information content (AvgIpc) is 3.30. The third kappa shape index (κ3) is 6.50. The molecule has 3 aromatic rings. The fourth-order valence-electron chi connectivity index (χ4n) is 4.58. The first-order valence-electron chi connectivity index (χ1n) is 13.6. The summed E-state index contributed by atoms with van der Waals surface area (Å²) in [6.45, 7) is 4.00. The van der Waals surface area contributed by atoms with Crippen LogP contribution in [-0.4, -0.2) is 69.6 Å². The van der Waals surface area contributed by atoms with Crippen molar-refractivity contribution in [3.05, 3.63) is 89.0 Å². The van der Waals surface area contributed by atoms with E-state index >= 15 is 0 Å². The number of likely N-dealkylation sites (N-methyl/N-ethyl adjacent to an activating group) is 2. The number of ether oxygens (including phenoxy) is 2. The van der Waals surface area contributed by atoms with Crippen LogP contribution in [-0.2, 0) is 19.1 Å². The van der Waals surface area contributed by atoms with E-state index < -0.39 is 11.9 Å². The Bertz CT molecular complexity index is 1550. The van der Waals surface area contributed by atoms with Gasteiger partial charge in [0.05, 0.1) is 53.5 Å². The number of fused-ring (bicyclic) bond motifs is 1. The van der Waals surface area contributed by atoms with Crippen LogP contribution in [0.1, 0.15) is 45.7 Å². The second-order valence-electron chi connectivity index (χ2n) is 9.82. The van der Waals surface area contributed by atoms with E-state index in [1.54, 1.807) is 76.3 Å². The van der Waals surface area contributed by atoms with E-state index in [0.717, 1.165) is 5.56 Å². The first-order chi connectivity index (χ1) is 20.1. The molecule has 42 heavy (non-hydrogen) atoms. The zero-order valence-corrected chi connectivity index (χ0v) is 24.3. The quantitative estimate of drug-likeness (QED) is 0.270. The molecule has 0 spiro atoms. The Balaban J connectivity index is 1.81. The van der Waals surface area contributed by atoms with Crippen molar-refractivity contribution in [1.29, 1.82) is 0 Å². The molecule has 0 atom stereocenters. The van der Waals surface area contributed by atoms with Crippen molar-refractivity contribution in [3.8, 4) is 0 Å². The Hall–Kier alpha value is -4.96. The number of rotatable bonds is 10. The molecular formula is C32H34N4O6. The minimum absolute atomic E-state index is 0.162. The number of carbonyl (C=O) groups excluding carboxylic acids is 4. The molecule has 0 aliphatic carbocycles. The predicted octanol–water partition coefficient (Wildman–Crippen LogP) is 4.50. The van der Waals surface area contributed by atoms with Gasteiger partial charge in [-0.2, -0.15) is 0 Å². The molecule has 0 unspecified atom stereocenters. The average molecular weight is 571 g/mol. The van der Waals surface area contributed by atoms with Gasteiger partial charge < -0.3 is 29.9 Å². The largest absolute Gasteiger partial charge is 0.462 e. The standard InChI is InChI=1S/C32H34N4O6/c1-6-41-31(39)21-13-15-23-25(17-21)34-30(38)28(23)29(20-11-9-8-10-12-20)33-22-14-16-26(24(18-22)32(40)42-7-2)36(5)27(37)19-35(3)4/h8-18,33H,6-7,19H2,1-5H3,(H,34,38)/b29-28+. The van der Waals surface area contributed by atoms with Crippen molar-refractivity contribution in [3.63, 3.8) is 0 Å². The third-order valence-electron chi connectivity index (χ3n) is 6.54. The van der Waals surface area contributed by atoms with Crippen LogP contribution in [0.15, 0.2) is 66.7 Å². The zero-order valence-electron chi connectivity index (χ0n) is 24.3. The molecule has 1 aliphatic heterocycles. The summed E-state index contributed by atoms with van der Waals surface area (Å²) in [5.41, 5.74) is 4.11. The van der Waals surface area contributed by atoms with Gasteiger partial charge in [-0.25, -0.2) is 9.59 Å². The molecule has 4 rings (SSSR count). The van der Waals surface area contributed by atoms with Crippen LogP contribution < -0.4 is 15.5 Å². The lowest BCUT2D eigenvalue weighted by Gasteiger charge is -2.23. The maximum absolute atomic E-state index is 13.4. The minimum atomic E-state index is -0.579. The van der Waals surface area contributed by atoms with Gasteiger partial charge in [-0.1, -0.05) is 36.4 Å². The van der Waals surface area contributed by atoms with E-state index in [9.17, 15) is 19.2 Å². The lowest BCUT2D eigenvalue weighted by Crippen LogP contribution is -2.36. The van der Waals surface area contributed by atoms with E-state index in [2.05, 4.69) is 10.6 Å². The summed E-state index contributed by atoms with van der Waals surface area (Å²) in [4.78, 5) is 54.6. The van der Waals surface area contributed by atoms with Crippen molar-refractivity contribution >= 4 is 52.1 Å². The highest BCUT2D eigenvalue weighted by molar-refractivity contribution is 6.37. The van der Waals surface area contributed by atoms with Gasteiger partial charge in [0.2, 0.25) is 5.91 Å². The molecule has 1 aliphatic rings. The smallest absolute Gasteiger partial charge is 0.340 e. The second-order valence-corrected chi connectivity index (χ2v) is 9.82. The first kappa shape index (κ1) is 30.0. The molecule has 0 bridgehead atoms. The summed E-state index contributed by atoms with van der Waals surface area (Å²) in [7, 11) is 5.19. The monoisotopic (exact) mass is 570 g/mol. The molecule has 218 valence electrons. The number of benzene rings is 3. The fraction of sp³-hybridized carbons (Fsp3) is 0.250. The normalized spacial score (nSPS) is 13.2. The molecule has 0 aromatic heterocycles. The maximum Gasteiger partial charge on any atom is 0.340 e. The molecule has 2 amide bonds. The topological polar surface area (TPSA) is 117 Å². The van der Waals surface area contributed by atoms with E-state index in [-0.39, 0.29) is 37.1 Å². The Labute approximate surface area is 244 Å². The zero-order chi connectivity index (χ0) is 30.4. The van der Waals surface area contributed by atoms with Gasteiger partial charge in [0.1, 0.15) is 0 Å². The van der Waals surface area contributed by atoms with Crippen LogP contribution in [0.2, 0.25) is 0 Å². The van der Waals surface area contributed by atoms with Crippen LogP contribution >= 0.6 is 0 Å². The van der Waals surface area contributed by atoms with Crippen LogP contribution in [0, 0.1) is 0 Å². The molecule has 0 saturated carbocycles. The second kappa shape index (κ2) is 13.1. The van der Waals surface area contributed by atoms with Crippen molar-refractivity contribution < 1.29 is 28.7 Å². The van der Waals surface area contributed by atoms with E-state index in [4.69, 9.17) is 9.47 Å². The van der Waals surface area contributed by atoms with Gasteiger partial charge in [0, 0.05) is 18.3 Å². The fourth-order valence-corrected chi connectivity index (χ4v) is 4.58. The van der Waals surface area contributed by atoms with Gasteiger partial charge in [0.15, 0.2) is 0 Å². The van der Waals surface area contributed by atoms with Crippen molar-refractivity contribution in [1.82, 2.24) is 4.90 Å². The number of anilines is 3. The first-order valence-corrected chi connectivity index (χ1v) is 13.6. The minimum Gasteiger partial charge on any atom is -0.462 e. The number of nitrogens with zero attached hydrogens (tertiary/aromatic N) is 2. The van der Waals surface area contributed by atoms with E-state index in [0.29, 0.717) is 39.5 Å². The Morgan fingerprint density at radius 1 is 0.833 bits per heavy atom. The molecule has 2 N–H and O–H groups in total. The molecular weight excluding hydrogens is 536 g/mol. The van der Waals surface area contributed by atoms with Gasteiger partial charge in [-0.05, 0) is 63.8 Å². The van der Waals surface area contributed by atoms with Gasteiger partial charge in [0.25, 0.3) is 5.91 Å². The number of amides is 2. The third-order valence-corrected chi connectivity index (χ3v) is 6.54. The Morgan fingerprint density at radius 2 is 1.52 bits per heavy atom. The number of carbonyl (C=O) groups is 4. The summed E-state index contributed by atoms with van der Waals surface area (Å²) >= 11 is 0.